The van der Waals surface area contributed by atoms with E-state index in [1.165, 1.54) is 8.71 Å². The number of nitrogens with zero attached hydrogens (tertiary/aromatic N) is 3. The second kappa shape index (κ2) is 4.77. The minimum atomic E-state index is -3.57. The van der Waals surface area contributed by atoms with Crippen LogP contribution in [0.2, 0.25) is 5.15 Å². The van der Waals surface area contributed by atoms with Crippen molar-refractivity contribution in [3.8, 4) is 0 Å². The normalized spacial score (nSPS) is 17.9. The molecule has 0 bridgehead atoms. The molecular weight excluding hydrogens is 286 g/mol. The Bertz CT molecular complexity index is 705. The number of rotatable bonds is 2. The lowest BCUT2D eigenvalue weighted by Gasteiger charge is -2.25. The molecule has 0 saturated carbocycles. The third-order valence-electron chi connectivity index (χ3n) is 3.35. The van der Waals surface area contributed by atoms with Gasteiger partial charge in [0.1, 0.15) is 5.65 Å². The molecule has 1 aliphatic heterocycles. The van der Waals surface area contributed by atoms with Crippen LogP contribution in [0.5, 0.6) is 0 Å². The summed E-state index contributed by atoms with van der Waals surface area (Å²) in [7, 11) is -3.57. The first-order valence-electron chi connectivity index (χ1n) is 6.23. The van der Waals surface area contributed by atoms with Crippen molar-refractivity contribution in [3.63, 3.8) is 0 Å². The summed E-state index contributed by atoms with van der Waals surface area (Å²) in [6.07, 6.45) is 4.54. The molecule has 0 aromatic carbocycles. The highest BCUT2D eigenvalue weighted by atomic mass is 35.5. The standard InChI is InChI=1S/C12H14ClN3O2S/c13-11-12(16-9-5-2-6-10(16)14-11)19(17,18)15-7-3-1-4-8-15/h2,5-6,9H,1,3-4,7-8H2. The lowest BCUT2D eigenvalue weighted by Crippen LogP contribution is -2.36. The number of hydrogen-bond donors (Lipinski definition) is 0. The average Bonchev–Trinajstić information content (AvgIpc) is 2.76. The number of imidazole rings is 1. The van der Waals surface area contributed by atoms with E-state index in [2.05, 4.69) is 4.98 Å². The highest BCUT2D eigenvalue weighted by Gasteiger charge is 2.31. The predicted molar refractivity (Wildman–Crippen MR) is 72.8 cm³/mol. The van der Waals surface area contributed by atoms with Crippen molar-refractivity contribution in [1.29, 1.82) is 0 Å². The maximum Gasteiger partial charge on any atom is 0.262 e. The lowest BCUT2D eigenvalue weighted by atomic mass is 10.2. The van der Waals surface area contributed by atoms with Gasteiger partial charge in [-0.25, -0.2) is 13.4 Å². The Morgan fingerprint density at radius 3 is 2.63 bits per heavy atom. The van der Waals surface area contributed by atoms with Crippen LogP contribution < -0.4 is 0 Å². The lowest BCUT2D eigenvalue weighted by molar-refractivity contribution is 0.345. The number of aromatic nitrogens is 2. The smallest absolute Gasteiger partial charge is 0.262 e. The molecule has 0 spiro atoms. The molecule has 7 heteroatoms. The van der Waals surface area contributed by atoms with Gasteiger partial charge in [0, 0.05) is 19.3 Å². The highest BCUT2D eigenvalue weighted by molar-refractivity contribution is 7.89. The number of sulfonamides is 1. The zero-order valence-electron chi connectivity index (χ0n) is 10.3. The van der Waals surface area contributed by atoms with E-state index in [1.807, 2.05) is 0 Å². The predicted octanol–water partition coefficient (Wildman–Crippen LogP) is 2.16. The maximum atomic E-state index is 12.7. The van der Waals surface area contributed by atoms with Crippen LogP contribution in [0.4, 0.5) is 0 Å². The van der Waals surface area contributed by atoms with Gasteiger partial charge in [-0.3, -0.25) is 4.40 Å². The van der Waals surface area contributed by atoms with Crippen LogP contribution in [0.15, 0.2) is 29.4 Å². The number of fused-ring (bicyclic) bond motifs is 1. The van der Waals surface area contributed by atoms with Gasteiger partial charge in [0.25, 0.3) is 10.0 Å². The van der Waals surface area contributed by atoms with Gasteiger partial charge >= 0.3 is 0 Å². The fraction of sp³-hybridized carbons (Fsp3) is 0.417. The molecule has 0 aliphatic carbocycles. The van der Waals surface area contributed by atoms with Gasteiger partial charge in [0.15, 0.2) is 10.2 Å². The quantitative estimate of drug-likeness (QED) is 0.854. The van der Waals surface area contributed by atoms with Gasteiger partial charge < -0.3 is 0 Å². The molecule has 3 heterocycles. The van der Waals surface area contributed by atoms with E-state index in [1.54, 1.807) is 24.4 Å². The third kappa shape index (κ3) is 2.13. The zero-order valence-corrected chi connectivity index (χ0v) is 11.9. The number of halogens is 1. The van der Waals surface area contributed by atoms with Crippen LogP contribution in [-0.4, -0.2) is 35.2 Å². The molecular formula is C12H14ClN3O2S. The van der Waals surface area contributed by atoms with E-state index in [-0.39, 0.29) is 10.2 Å². The summed E-state index contributed by atoms with van der Waals surface area (Å²) in [4.78, 5) is 4.10. The van der Waals surface area contributed by atoms with E-state index in [4.69, 9.17) is 11.6 Å². The Labute approximate surface area is 116 Å². The minimum absolute atomic E-state index is 0.0387. The van der Waals surface area contributed by atoms with Crippen molar-refractivity contribution in [2.24, 2.45) is 0 Å². The molecule has 102 valence electrons. The second-order valence-corrected chi connectivity index (χ2v) is 6.81. The van der Waals surface area contributed by atoms with Crippen LogP contribution in [0, 0.1) is 0 Å². The molecule has 1 fully saturated rings. The SMILES string of the molecule is O=S(=O)(c1c(Cl)nc2ccccn12)N1CCCCC1. The number of piperidine rings is 1. The monoisotopic (exact) mass is 299 g/mol. The van der Waals surface area contributed by atoms with Crippen LogP contribution in [0.3, 0.4) is 0 Å². The van der Waals surface area contributed by atoms with Crippen molar-refractivity contribution < 1.29 is 8.42 Å². The van der Waals surface area contributed by atoms with Gasteiger partial charge in [0.2, 0.25) is 0 Å². The first kappa shape index (κ1) is 12.9. The molecule has 0 atom stereocenters. The topological polar surface area (TPSA) is 54.7 Å². The zero-order chi connectivity index (χ0) is 13.5. The van der Waals surface area contributed by atoms with Gasteiger partial charge in [-0.2, -0.15) is 4.31 Å². The Kier molecular flexibility index (Phi) is 3.24. The number of hydrogen-bond acceptors (Lipinski definition) is 3. The largest absolute Gasteiger partial charge is 0.288 e. The summed E-state index contributed by atoms with van der Waals surface area (Å²) in [6, 6.07) is 5.30. The molecule has 2 aromatic rings. The number of pyridine rings is 1. The molecule has 0 amide bonds. The van der Waals surface area contributed by atoms with Gasteiger partial charge in [-0.15, -0.1) is 0 Å². The minimum Gasteiger partial charge on any atom is -0.288 e. The van der Waals surface area contributed by atoms with Gasteiger partial charge in [-0.05, 0) is 25.0 Å². The van der Waals surface area contributed by atoms with Crippen LogP contribution in [0.25, 0.3) is 5.65 Å². The van der Waals surface area contributed by atoms with Crippen molar-refractivity contribution in [2.75, 3.05) is 13.1 Å². The first-order valence-corrected chi connectivity index (χ1v) is 8.05. The summed E-state index contributed by atoms with van der Waals surface area (Å²) >= 11 is 6.03. The summed E-state index contributed by atoms with van der Waals surface area (Å²) < 4.78 is 28.4. The van der Waals surface area contributed by atoms with E-state index >= 15 is 0 Å². The van der Waals surface area contributed by atoms with Crippen molar-refractivity contribution in [2.45, 2.75) is 24.3 Å². The summed E-state index contributed by atoms with van der Waals surface area (Å²) in [6.45, 7) is 1.11. The van der Waals surface area contributed by atoms with Gasteiger partial charge in [0.05, 0.1) is 0 Å². The molecule has 0 radical (unpaired) electrons. The highest BCUT2D eigenvalue weighted by Crippen LogP contribution is 2.27. The summed E-state index contributed by atoms with van der Waals surface area (Å²) in [5.74, 6) is 0. The molecule has 0 N–H and O–H groups in total. The van der Waals surface area contributed by atoms with Crippen LogP contribution in [0.1, 0.15) is 19.3 Å². The fourth-order valence-corrected chi connectivity index (χ4v) is 4.52. The molecule has 3 rings (SSSR count). The second-order valence-electron chi connectivity index (χ2n) is 4.60. The van der Waals surface area contributed by atoms with Crippen LogP contribution >= 0.6 is 11.6 Å². The van der Waals surface area contributed by atoms with Crippen LogP contribution in [-0.2, 0) is 10.0 Å². The molecule has 19 heavy (non-hydrogen) atoms. The molecule has 2 aromatic heterocycles. The summed E-state index contributed by atoms with van der Waals surface area (Å²) in [5, 5.41) is 0.114. The van der Waals surface area contributed by atoms with Gasteiger partial charge in [-0.1, -0.05) is 24.1 Å². The third-order valence-corrected chi connectivity index (χ3v) is 5.64. The van der Waals surface area contributed by atoms with Crippen molar-refractivity contribution in [3.05, 3.63) is 29.5 Å². The Balaban J connectivity index is 2.15. The maximum absolute atomic E-state index is 12.7. The van der Waals surface area contributed by atoms with E-state index in [0.717, 1.165) is 19.3 Å². The van der Waals surface area contributed by atoms with E-state index in [0.29, 0.717) is 18.7 Å². The Morgan fingerprint density at radius 1 is 1.16 bits per heavy atom. The van der Waals surface area contributed by atoms with Crippen molar-refractivity contribution in [1.82, 2.24) is 13.7 Å². The first-order chi connectivity index (χ1) is 9.10. The Hall–Kier alpha value is -1.11. The molecule has 5 nitrogen and oxygen atoms in total. The van der Waals surface area contributed by atoms with E-state index in [9.17, 15) is 8.42 Å². The van der Waals surface area contributed by atoms with E-state index < -0.39 is 10.0 Å². The molecule has 1 saturated heterocycles. The summed E-state index contributed by atoms with van der Waals surface area (Å²) in [5.41, 5.74) is 0.545. The molecule has 1 aliphatic rings. The average molecular weight is 300 g/mol. The van der Waals surface area contributed by atoms with Crippen molar-refractivity contribution >= 4 is 27.3 Å². The Morgan fingerprint density at radius 2 is 1.89 bits per heavy atom. The molecule has 0 unspecified atom stereocenters. The fourth-order valence-electron chi connectivity index (χ4n) is 2.40.